The summed E-state index contributed by atoms with van der Waals surface area (Å²) in [5.74, 6) is 0.193. The molecular weight excluding hydrogens is 431 g/mol. The quantitative estimate of drug-likeness (QED) is 0.390. The standard InChI is InChI=1S/C24H20Cl2N4O/c1-14-7-12-19(13-15(14)2)30-23(17-8-10-18(25)11-9-17)28-22(29-30)24(31)27-21-6-4-5-20(26)16(21)3/h4-13H,1-3H3,(H,27,31). The van der Waals surface area contributed by atoms with Gasteiger partial charge in [-0.15, -0.1) is 5.10 Å². The number of nitrogens with zero attached hydrogens (tertiary/aromatic N) is 3. The number of rotatable bonds is 4. The lowest BCUT2D eigenvalue weighted by molar-refractivity contribution is 0.101. The van der Waals surface area contributed by atoms with Crippen LogP contribution in [0, 0.1) is 20.8 Å². The topological polar surface area (TPSA) is 59.8 Å². The molecule has 0 bridgehead atoms. The molecule has 0 radical (unpaired) electrons. The molecule has 156 valence electrons. The molecule has 5 nitrogen and oxygen atoms in total. The first-order valence-electron chi connectivity index (χ1n) is 9.70. The molecule has 0 atom stereocenters. The van der Waals surface area contributed by atoms with Crippen molar-refractivity contribution in [1.82, 2.24) is 14.8 Å². The normalized spacial score (nSPS) is 10.9. The average molecular weight is 451 g/mol. The van der Waals surface area contributed by atoms with E-state index in [-0.39, 0.29) is 5.82 Å². The monoisotopic (exact) mass is 450 g/mol. The zero-order chi connectivity index (χ0) is 22.1. The van der Waals surface area contributed by atoms with Gasteiger partial charge in [0.15, 0.2) is 5.82 Å². The lowest BCUT2D eigenvalue weighted by atomic mass is 10.1. The number of nitrogens with one attached hydrogen (secondary N) is 1. The minimum absolute atomic E-state index is 0.0579. The second-order valence-corrected chi connectivity index (χ2v) is 8.16. The number of hydrogen-bond donors (Lipinski definition) is 1. The third kappa shape index (κ3) is 4.33. The molecular formula is C24H20Cl2N4O. The fourth-order valence-corrected chi connectivity index (χ4v) is 3.45. The Kier molecular flexibility index (Phi) is 5.81. The molecule has 0 aliphatic rings. The molecule has 3 aromatic carbocycles. The number of amides is 1. The van der Waals surface area contributed by atoms with Gasteiger partial charge in [-0.2, -0.15) is 0 Å². The van der Waals surface area contributed by atoms with Crippen LogP contribution in [0.5, 0.6) is 0 Å². The van der Waals surface area contributed by atoms with Crippen LogP contribution in [0.25, 0.3) is 17.1 Å². The van der Waals surface area contributed by atoms with E-state index in [0.29, 0.717) is 21.6 Å². The third-order valence-corrected chi connectivity index (χ3v) is 5.83. The first-order valence-corrected chi connectivity index (χ1v) is 10.5. The number of aryl methyl sites for hydroxylation is 2. The summed E-state index contributed by atoms with van der Waals surface area (Å²) in [7, 11) is 0. The van der Waals surface area contributed by atoms with Crippen molar-refractivity contribution in [1.29, 1.82) is 0 Å². The van der Waals surface area contributed by atoms with Gasteiger partial charge in [-0.3, -0.25) is 4.79 Å². The van der Waals surface area contributed by atoms with Gasteiger partial charge in [0, 0.05) is 21.3 Å². The molecule has 31 heavy (non-hydrogen) atoms. The zero-order valence-corrected chi connectivity index (χ0v) is 18.8. The Morgan fingerprint density at radius 3 is 2.39 bits per heavy atom. The maximum absolute atomic E-state index is 13.0. The summed E-state index contributed by atoms with van der Waals surface area (Å²) in [5.41, 5.74) is 5.31. The van der Waals surface area contributed by atoms with Gasteiger partial charge < -0.3 is 5.32 Å². The smallest absolute Gasteiger partial charge is 0.295 e. The van der Waals surface area contributed by atoms with E-state index >= 15 is 0 Å². The Morgan fingerprint density at radius 2 is 1.68 bits per heavy atom. The first kappa shape index (κ1) is 21.1. The average Bonchev–Trinajstić information content (AvgIpc) is 3.19. The predicted molar refractivity (Wildman–Crippen MR) is 125 cm³/mol. The van der Waals surface area contributed by atoms with E-state index in [1.165, 1.54) is 5.56 Å². The molecule has 0 unspecified atom stereocenters. The van der Waals surface area contributed by atoms with Crippen LogP contribution in [0.3, 0.4) is 0 Å². The second-order valence-electron chi connectivity index (χ2n) is 7.31. The lowest BCUT2D eigenvalue weighted by Crippen LogP contribution is -2.15. The van der Waals surface area contributed by atoms with Crippen LogP contribution < -0.4 is 5.32 Å². The fraction of sp³-hybridized carbons (Fsp3) is 0.125. The number of aromatic nitrogens is 3. The van der Waals surface area contributed by atoms with Crippen LogP contribution in [0.4, 0.5) is 5.69 Å². The number of carbonyl (C=O) groups excluding carboxylic acids is 1. The first-order chi connectivity index (χ1) is 14.8. The minimum Gasteiger partial charge on any atom is -0.319 e. The fourth-order valence-electron chi connectivity index (χ4n) is 3.15. The predicted octanol–water partition coefficient (Wildman–Crippen LogP) is 6.42. The molecule has 0 saturated heterocycles. The summed E-state index contributed by atoms with van der Waals surface area (Å²) in [6, 6.07) is 18.6. The number of hydrogen-bond acceptors (Lipinski definition) is 3. The van der Waals surface area contributed by atoms with Gasteiger partial charge in [0.2, 0.25) is 5.82 Å². The summed E-state index contributed by atoms with van der Waals surface area (Å²) >= 11 is 12.2. The van der Waals surface area contributed by atoms with E-state index in [1.54, 1.807) is 35.0 Å². The molecule has 0 spiro atoms. The van der Waals surface area contributed by atoms with E-state index < -0.39 is 5.91 Å². The SMILES string of the molecule is Cc1ccc(-n2nc(C(=O)Nc3cccc(Cl)c3C)nc2-c2ccc(Cl)cc2)cc1C. The molecule has 1 heterocycles. The lowest BCUT2D eigenvalue weighted by Gasteiger charge is -2.08. The number of halogens is 2. The van der Waals surface area contributed by atoms with Crippen molar-refractivity contribution in [3.05, 3.63) is 93.2 Å². The summed E-state index contributed by atoms with van der Waals surface area (Å²) in [4.78, 5) is 17.5. The van der Waals surface area contributed by atoms with Gasteiger partial charge >= 0.3 is 0 Å². The Morgan fingerprint density at radius 1 is 0.935 bits per heavy atom. The van der Waals surface area contributed by atoms with E-state index in [1.807, 2.05) is 51.1 Å². The highest BCUT2D eigenvalue weighted by Crippen LogP contribution is 2.26. The van der Waals surface area contributed by atoms with Gasteiger partial charge in [0.1, 0.15) is 0 Å². The van der Waals surface area contributed by atoms with E-state index in [0.717, 1.165) is 22.4 Å². The van der Waals surface area contributed by atoms with Gasteiger partial charge in [-0.1, -0.05) is 35.3 Å². The highest BCUT2D eigenvalue weighted by Gasteiger charge is 2.20. The van der Waals surface area contributed by atoms with Crippen molar-refractivity contribution in [3.63, 3.8) is 0 Å². The maximum Gasteiger partial charge on any atom is 0.295 e. The third-order valence-electron chi connectivity index (χ3n) is 5.16. The zero-order valence-electron chi connectivity index (χ0n) is 17.3. The van der Waals surface area contributed by atoms with Gasteiger partial charge in [-0.05, 0) is 86.0 Å². The Labute approximate surface area is 190 Å². The molecule has 1 aromatic heterocycles. The van der Waals surface area contributed by atoms with Crippen LogP contribution in [-0.2, 0) is 0 Å². The van der Waals surface area contributed by atoms with E-state index in [4.69, 9.17) is 23.2 Å². The molecule has 1 amide bonds. The van der Waals surface area contributed by atoms with Gasteiger partial charge in [0.25, 0.3) is 5.91 Å². The minimum atomic E-state index is -0.414. The molecule has 1 N–H and O–H groups in total. The largest absolute Gasteiger partial charge is 0.319 e. The van der Waals surface area contributed by atoms with Crippen LogP contribution in [-0.4, -0.2) is 20.7 Å². The summed E-state index contributed by atoms with van der Waals surface area (Å²) < 4.78 is 1.68. The van der Waals surface area contributed by atoms with Gasteiger partial charge in [0.05, 0.1) is 5.69 Å². The van der Waals surface area contributed by atoms with Crippen molar-refractivity contribution >= 4 is 34.8 Å². The highest BCUT2D eigenvalue weighted by atomic mass is 35.5. The summed E-state index contributed by atoms with van der Waals surface area (Å²) in [6.45, 7) is 5.93. The maximum atomic E-state index is 13.0. The summed E-state index contributed by atoms with van der Waals surface area (Å²) in [6.07, 6.45) is 0. The van der Waals surface area contributed by atoms with E-state index in [9.17, 15) is 4.79 Å². The van der Waals surface area contributed by atoms with Crippen molar-refractivity contribution in [2.45, 2.75) is 20.8 Å². The number of anilines is 1. The Balaban J connectivity index is 1.78. The molecule has 4 rings (SSSR count). The van der Waals surface area contributed by atoms with E-state index in [2.05, 4.69) is 15.4 Å². The van der Waals surface area contributed by atoms with Crippen molar-refractivity contribution in [3.8, 4) is 17.1 Å². The van der Waals surface area contributed by atoms with Crippen LogP contribution in [0.1, 0.15) is 27.3 Å². The van der Waals surface area contributed by atoms with Gasteiger partial charge in [-0.25, -0.2) is 9.67 Å². The van der Waals surface area contributed by atoms with Crippen molar-refractivity contribution < 1.29 is 4.79 Å². The molecule has 0 aliphatic carbocycles. The van der Waals surface area contributed by atoms with Crippen LogP contribution in [0.2, 0.25) is 10.0 Å². The number of benzene rings is 3. The molecule has 0 aliphatic heterocycles. The molecule has 7 heteroatoms. The molecule has 0 fully saturated rings. The summed E-state index contributed by atoms with van der Waals surface area (Å²) in [5, 5.41) is 8.58. The van der Waals surface area contributed by atoms with Crippen molar-refractivity contribution in [2.24, 2.45) is 0 Å². The highest BCUT2D eigenvalue weighted by molar-refractivity contribution is 6.31. The van der Waals surface area contributed by atoms with Crippen molar-refractivity contribution in [2.75, 3.05) is 5.32 Å². The van der Waals surface area contributed by atoms with Crippen LogP contribution >= 0.6 is 23.2 Å². The Hall–Kier alpha value is -3.15. The molecule has 4 aromatic rings. The second kappa shape index (κ2) is 8.53. The molecule has 0 saturated carbocycles. The van der Waals surface area contributed by atoms with Crippen LogP contribution in [0.15, 0.2) is 60.7 Å². The number of carbonyl (C=O) groups is 1. The Bertz CT molecular complexity index is 1280.